The first-order valence-corrected chi connectivity index (χ1v) is 7.51. The Bertz CT molecular complexity index is 452. The lowest BCUT2D eigenvalue weighted by molar-refractivity contribution is -0.134. The summed E-state index contributed by atoms with van der Waals surface area (Å²) in [7, 11) is 4.91. The van der Waals surface area contributed by atoms with Crippen LogP contribution in [0.25, 0.3) is 0 Å². The van der Waals surface area contributed by atoms with Crippen molar-refractivity contribution in [1.29, 1.82) is 0 Å². The topological polar surface area (TPSA) is 47.9 Å². The molecule has 1 N–H and O–H groups in total. The van der Waals surface area contributed by atoms with Crippen molar-refractivity contribution in [2.24, 2.45) is 5.92 Å². The van der Waals surface area contributed by atoms with Crippen LogP contribution in [0.15, 0.2) is 18.2 Å². The molecule has 3 unspecified atom stereocenters. The first-order chi connectivity index (χ1) is 10.0. The lowest BCUT2D eigenvalue weighted by Crippen LogP contribution is -2.42. The first-order valence-electron chi connectivity index (χ1n) is 7.51. The van der Waals surface area contributed by atoms with Crippen LogP contribution in [0.5, 0.6) is 11.5 Å². The summed E-state index contributed by atoms with van der Waals surface area (Å²) in [5.74, 6) is 1.91. The van der Waals surface area contributed by atoms with Gasteiger partial charge in [-0.3, -0.25) is 0 Å². The Morgan fingerprint density at radius 2 is 1.76 bits per heavy atom. The van der Waals surface area contributed by atoms with Gasteiger partial charge in [-0.25, -0.2) is 0 Å². The van der Waals surface area contributed by atoms with Gasteiger partial charge in [0.2, 0.25) is 0 Å². The summed E-state index contributed by atoms with van der Waals surface area (Å²) in [5.41, 5.74) is 0.261. The van der Waals surface area contributed by atoms with Gasteiger partial charge in [0.1, 0.15) is 17.6 Å². The molecule has 0 saturated heterocycles. The van der Waals surface area contributed by atoms with Crippen molar-refractivity contribution in [2.45, 2.75) is 44.3 Å². The summed E-state index contributed by atoms with van der Waals surface area (Å²) in [6.45, 7) is 2.21. The van der Waals surface area contributed by atoms with Gasteiger partial charge in [-0.15, -0.1) is 0 Å². The fourth-order valence-corrected chi connectivity index (χ4v) is 3.38. The van der Waals surface area contributed by atoms with E-state index in [1.54, 1.807) is 27.4 Å². The number of ether oxygens (including phenoxy) is 3. The summed E-state index contributed by atoms with van der Waals surface area (Å²) in [6, 6.07) is 5.51. The molecule has 2 rings (SSSR count). The largest absolute Gasteiger partial charge is 0.497 e. The third-order valence-corrected chi connectivity index (χ3v) is 4.59. The summed E-state index contributed by atoms with van der Waals surface area (Å²) in [5, 5.41) is 10.9. The van der Waals surface area contributed by atoms with Crippen LogP contribution >= 0.6 is 0 Å². The van der Waals surface area contributed by atoms with E-state index in [-0.39, 0.29) is 0 Å². The number of methoxy groups -OCH3 is 3. The second-order valence-corrected chi connectivity index (χ2v) is 6.02. The van der Waals surface area contributed by atoms with Crippen molar-refractivity contribution in [3.05, 3.63) is 23.8 Å². The molecule has 1 saturated carbocycles. The molecule has 21 heavy (non-hydrogen) atoms. The highest BCUT2D eigenvalue weighted by molar-refractivity contribution is 5.40. The Morgan fingerprint density at radius 3 is 2.24 bits per heavy atom. The Balaban J connectivity index is 2.34. The third-order valence-electron chi connectivity index (χ3n) is 4.59. The van der Waals surface area contributed by atoms with E-state index in [0.29, 0.717) is 17.4 Å². The van der Waals surface area contributed by atoms with Crippen LogP contribution in [0.1, 0.15) is 44.3 Å². The van der Waals surface area contributed by atoms with E-state index in [4.69, 9.17) is 14.2 Å². The van der Waals surface area contributed by atoms with Crippen LogP contribution in [0.3, 0.4) is 0 Å². The van der Waals surface area contributed by atoms with Crippen molar-refractivity contribution in [1.82, 2.24) is 0 Å². The highest BCUT2D eigenvalue weighted by atomic mass is 16.5. The molecule has 118 valence electrons. The van der Waals surface area contributed by atoms with Gasteiger partial charge >= 0.3 is 0 Å². The molecule has 4 heteroatoms. The SMILES string of the molecule is COc1cc(OC)cc(C(O)C2(OC)CCCC(C)C2)c1. The molecule has 0 amide bonds. The molecular formula is C17H26O4. The van der Waals surface area contributed by atoms with E-state index in [2.05, 4.69) is 6.92 Å². The molecule has 0 aliphatic heterocycles. The number of hydrogen-bond donors (Lipinski definition) is 1. The van der Waals surface area contributed by atoms with E-state index in [0.717, 1.165) is 24.8 Å². The second kappa shape index (κ2) is 6.67. The zero-order valence-electron chi connectivity index (χ0n) is 13.4. The lowest BCUT2D eigenvalue weighted by Gasteiger charge is -2.42. The van der Waals surface area contributed by atoms with Crippen LogP contribution < -0.4 is 9.47 Å². The smallest absolute Gasteiger partial charge is 0.122 e. The van der Waals surface area contributed by atoms with Crippen molar-refractivity contribution >= 4 is 0 Å². The molecule has 1 aromatic carbocycles. The van der Waals surface area contributed by atoms with Gasteiger partial charge in [-0.05, 0) is 36.5 Å². The van der Waals surface area contributed by atoms with E-state index < -0.39 is 11.7 Å². The maximum atomic E-state index is 10.9. The molecule has 1 aliphatic rings. The molecule has 0 aromatic heterocycles. The van der Waals surface area contributed by atoms with Crippen molar-refractivity contribution < 1.29 is 19.3 Å². The van der Waals surface area contributed by atoms with Crippen LogP contribution in [-0.2, 0) is 4.74 Å². The standard InChI is InChI=1S/C17H26O4/c1-12-6-5-7-17(11-12,21-4)16(18)13-8-14(19-2)10-15(9-13)20-3/h8-10,12,16,18H,5-7,11H2,1-4H3. The van der Waals surface area contributed by atoms with Gasteiger partial charge in [0.05, 0.1) is 19.8 Å². The number of benzene rings is 1. The minimum atomic E-state index is -0.686. The third kappa shape index (κ3) is 3.33. The fourth-order valence-electron chi connectivity index (χ4n) is 3.38. The number of aliphatic hydroxyl groups is 1. The van der Waals surface area contributed by atoms with Crippen LogP contribution in [0.2, 0.25) is 0 Å². The minimum Gasteiger partial charge on any atom is -0.497 e. The van der Waals surface area contributed by atoms with Crippen LogP contribution in [-0.4, -0.2) is 32.0 Å². The van der Waals surface area contributed by atoms with Crippen molar-refractivity contribution in [3.8, 4) is 11.5 Å². The minimum absolute atomic E-state index is 0.519. The van der Waals surface area contributed by atoms with Gasteiger partial charge in [0.25, 0.3) is 0 Å². The van der Waals surface area contributed by atoms with Gasteiger partial charge < -0.3 is 19.3 Å². The molecule has 1 aliphatic carbocycles. The monoisotopic (exact) mass is 294 g/mol. The predicted octanol–water partition coefficient (Wildman–Crippen LogP) is 3.33. The Hall–Kier alpha value is -1.26. The molecular weight excluding hydrogens is 268 g/mol. The maximum absolute atomic E-state index is 10.9. The highest BCUT2D eigenvalue weighted by Gasteiger charge is 2.42. The van der Waals surface area contributed by atoms with Gasteiger partial charge in [0, 0.05) is 13.2 Å². The van der Waals surface area contributed by atoms with E-state index in [1.165, 1.54) is 6.42 Å². The summed E-state index contributed by atoms with van der Waals surface area (Å²) < 4.78 is 16.4. The number of rotatable bonds is 5. The Kier molecular flexibility index (Phi) is 5.12. The highest BCUT2D eigenvalue weighted by Crippen LogP contribution is 2.44. The molecule has 0 bridgehead atoms. The summed E-state index contributed by atoms with van der Waals surface area (Å²) >= 11 is 0. The van der Waals surface area contributed by atoms with E-state index in [9.17, 15) is 5.11 Å². The maximum Gasteiger partial charge on any atom is 0.122 e. The number of aliphatic hydroxyl groups excluding tert-OH is 1. The quantitative estimate of drug-likeness (QED) is 0.905. The summed E-state index contributed by atoms with van der Waals surface area (Å²) in [6.07, 6.45) is 3.32. The van der Waals surface area contributed by atoms with Gasteiger partial charge in [-0.1, -0.05) is 19.8 Å². The molecule has 0 radical (unpaired) electrons. The van der Waals surface area contributed by atoms with Crippen LogP contribution in [0.4, 0.5) is 0 Å². The molecule has 0 heterocycles. The fraction of sp³-hybridized carbons (Fsp3) is 0.647. The normalized spacial score (nSPS) is 27.2. The average Bonchev–Trinajstić information content (AvgIpc) is 2.53. The molecule has 4 nitrogen and oxygen atoms in total. The predicted molar refractivity (Wildman–Crippen MR) is 81.9 cm³/mol. The molecule has 3 atom stereocenters. The van der Waals surface area contributed by atoms with Crippen molar-refractivity contribution in [3.63, 3.8) is 0 Å². The Morgan fingerprint density at radius 1 is 1.14 bits per heavy atom. The van der Waals surface area contributed by atoms with Crippen molar-refractivity contribution in [2.75, 3.05) is 21.3 Å². The number of hydrogen-bond acceptors (Lipinski definition) is 4. The average molecular weight is 294 g/mol. The molecule has 0 spiro atoms. The zero-order chi connectivity index (χ0) is 15.5. The zero-order valence-corrected chi connectivity index (χ0v) is 13.4. The second-order valence-electron chi connectivity index (χ2n) is 6.02. The molecule has 1 aromatic rings. The molecule has 1 fully saturated rings. The first kappa shape index (κ1) is 16.1. The Labute approximate surface area is 127 Å². The van der Waals surface area contributed by atoms with Gasteiger partial charge in [-0.2, -0.15) is 0 Å². The van der Waals surface area contributed by atoms with Crippen LogP contribution in [0, 0.1) is 5.92 Å². The summed E-state index contributed by atoms with van der Waals surface area (Å²) in [4.78, 5) is 0. The van der Waals surface area contributed by atoms with E-state index >= 15 is 0 Å². The lowest BCUT2D eigenvalue weighted by atomic mass is 9.74. The van der Waals surface area contributed by atoms with Gasteiger partial charge in [0.15, 0.2) is 0 Å². The van der Waals surface area contributed by atoms with E-state index in [1.807, 2.05) is 12.1 Å².